The summed E-state index contributed by atoms with van der Waals surface area (Å²) < 4.78 is 15.5. The number of hydrogen-bond acceptors (Lipinski definition) is 4. The number of aliphatic carboxylic acids is 2. The molecule has 0 aliphatic rings. The van der Waals surface area contributed by atoms with Crippen molar-refractivity contribution in [2.45, 2.75) is 6.54 Å². The number of anilines is 1. The Morgan fingerprint density at radius 1 is 1.10 bits per heavy atom. The van der Waals surface area contributed by atoms with Crippen LogP contribution in [0.5, 0.6) is 0 Å². The largest absolute Gasteiger partial charge is 0.473 e. The van der Waals surface area contributed by atoms with Gasteiger partial charge >= 0.3 is 11.9 Å². The number of aromatic nitrogens is 2. The quantitative estimate of drug-likeness (QED) is 0.523. The first-order valence-electron chi connectivity index (χ1n) is 8.11. The first kappa shape index (κ1) is 22.2. The van der Waals surface area contributed by atoms with Crippen LogP contribution < -0.4 is 5.32 Å². The number of halogens is 3. The van der Waals surface area contributed by atoms with E-state index in [2.05, 4.69) is 10.3 Å². The number of imidazole rings is 1. The summed E-state index contributed by atoms with van der Waals surface area (Å²) >= 11 is 12.0. The van der Waals surface area contributed by atoms with Crippen molar-refractivity contribution < 1.29 is 24.2 Å². The van der Waals surface area contributed by atoms with Crippen LogP contribution in [0.4, 0.5) is 10.3 Å². The van der Waals surface area contributed by atoms with Gasteiger partial charge in [-0.25, -0.2) is 19.0 Å². The highest BCUT2D eigenvalue weighted by molar-refractivity contribution is 6.42. The van der Waals surface area contributed by atoms with E-state index in [1.54, 1.807) is 36.5 Å². The smallest absolute Gasteiger partial charge is 0.414 e. The maximum absolute atomic E-state index is 13.7. The van der Waals surface area contributed by atoms with E-state index in [1.165, 1.54) is 6.07 Å². The molecule has 3 rings (SSSR count). The topological polar surface area (TPSA) is 104 Å². The number of nitrogens with zero attached hydrogens (tertiary/aromatic N) is 2. The fourth-order valence-electron chi connectivity index (χ4n) is 2.31. The minimum atomic E-state index is -1.82. The van der Waals surface area contributed by atoms with Gasteiger partial charge in [0.25, 0.3) is 0 Å². The highest BCUT2D eigenvalue weighted by Gasteiger charge is 2.10. The van der Waals surface area contributed by atoms with Crippen LogP contribution in [-0.2, 0) is 23.2 Å². The second-order valence-corrected chi connectivity index (χ2v) is 6.52. The van der Waals surface area contributed by atoms with Crippen LogP contribution in [-0.4, -0.2) is 31.7 Å². The minimum Gasteiger partial charge on any atom is -0.473 e. The first-order valence-corrected chi connectivity index (χ1v) is 8.87. The predicted octanol–water partition coefficient (Wildman–Crippen LogP) is 4.30. The summed E-state index contributed by atoms with van der Waals surface area (Å²) in [5, 5.41) is 18.9. The Morgan fingerprint density at radius 2 is 1.76 bits per heavy atom. The van der Waals surface area contributed by atoms with E-state index in [0.29, 0.717) is 28.1 Å². The van der Waals surface area contributed by atoms with Crippen molar-refractivity contribution >= 4 is 41.1 Å². The van der Waals surface area contributed by atoms with Gasteiger partial charge in [-0.1, -0.05) is 47.5 Å². The van der Waals surface area contributed by atoms with Gasteiger partial charge in [-0.15, -0.1) is 0 Å². The van der Waals surface area contributed by atoms with Crippen LogP contribution in [0.1, 0.15) is 5.56 Å². The van der Waals surface area contributed by atoms with Crippen LogP contribution in [0.2, 0.25) is 10.0 Å². The predicted molar refractivity (Wildman–Crippen MR) is 108 cm³/mol. The lowest BCUT2D eigenvalue weighted by Gasteiger charge is -2.09. The zero-order chi connectivity index (χ0) is 21.6. The second-order valence-electron chi connectivity index (χ2n) is 5.71. The van der Waals surface area contributed by atoms with Crippen molar-refractivity contribution in [1.29, 1.82) is 0 Å². The standard InChI is InChI=1S/C17H14Cl2FN3.C2H2O4/c1-23-16(11-6-7-13(18)14(19)8-11)10-22-17(23)21-9-12-4-2-3-5-15(12)20;3-1(4)2(5)6/h2-8,10H,9H2,1H3,(H,21,22);(H,3,4)(H,5,6). The molecule has 0 aliphatic heterocycles. The van der Waals surface area contributed by atoms with Crippen LogP contribution in [0.3, 0.4) is 0 Å². The van der Waals surface area contributed by atoms with E-state index in [1.807, 2.05) is 17.7 Å². The number of nitrogens with one attached hydrogen (secondary N) is 1. The summed E-state index contributed by atoms with van der Waals surface area (Å²) in [5.74, 6) is -3.24. The van der Waals surface area contributed by atoms with E-state index < -0.39 is 11.9 Å². The Hall–Kier alpha value is -3.10. The third-order valence-corrected chi connectivity index (χ3v) is 4.52. The van der Waals surface area contributed by atoms with E-state index in [4.69, 9.17) is 43.0 Å². The van der Waals surface area contributed by atoms with Crippen LogP contribution in [0.25, 0.3) is 11.3 Å². The maximum atomic E-state index is 13.7. The molecule has 152 valence electrons. The Bertz CT molecular complexity index is 1030. The molecule has 0 atom stereocenters. The fraction of sp³-hybridized carbons (Fsp3) is 0.105. The van der Waals surface area contributed by atoms with Crippen LogP contribution >= 0.6 is 23.2 Å². The number of benzene rings is 2. The zero-order valence-corrected chi connectivity index (χ0v) is 16.6. The zero-order valence-electron chi connectivity index (χ0n) is 15.1. The van der Waals surface area contributed by atoms with E-state index in [9.17, 15) is 4.39 Å². The van der Waals surface area contributed by atoms with Crippen LogP contribution in [0, 0.1) is 5.82 Å². The minimum absolute atomic E-state index is 0.237. The molecule has 3 aromatic rings. The lowest BCUT2D eigenvalue weighted by atomic mass is 10.2. The van der Waals surface area contributed by atoms with E-state index >= 15 is 0 Å². The summed E-state index contributed by atoms with van der Waals surface area (Å²) in [7, 11) is 1.88. The maximum Gasteiger partial charge on any atom is 0.414 e. The van der Waals surface area contributed by atoms with Crippen LogP contribution in [0.15, 0.2) is 48.7 Å². The molecular weight excluding hydrogens is 424 g/mol. The summed E-state index contributed by atoms with van der Waals surface area (Å²) in [6, 6.07) is 12.1. The van der Waals surface area contributed by atoms with Gasteiger partial charge in [-0.2, -0.15) is 0 Å². The molecule has 0 fully saturated rings. The van der Waals surface area contributed by atoms with Gasteiger partial charge in [0.15, 0.2) is 0 Å². The average molecular weight is 440 g/mol. The average Bonchev–Trinajstić information content (AvgIpc) is 3.04. The molecule has 0 aliphatic carbocycles. The molecule has 3 N–H and O–H groups in total. The van der Waals surface area contributed by atoms with Crippen molar-refractivity contribution in [1.82, 2.24) is 9.55 Å². The molecule has 0 bridgehead atoms. The number of rotatable bonds is 4. The second kappa shape index (κ2) is 9.90. The fourth-order valence-corrected chi connectivity index (χ4v) is 2.61. The third-order valence-electron chi connectivity index (χ3n) is 3.78. The highest BCUT2D eigenvalue weighted by Crippen LogP contribution is 2.29. The number of hydrogen-bond donors (Lipinski definition) is 3. The molecule has 1 aromatic heterocycles. The molecule has 10 heteroatoms. The summed E-state index contributed by atoms with van der Waals surface area (Å²) in [5.41, 5.74) is 2.39. The van der Waals surface area contributed by atoms with Crippen molar-refractivity contribution in [3.8, 4) is 11.3 Å². The van der Waals surface area contributed by atoms with Crippen molar-refractivity contribution in [2.75, 3.05) is 5.32 Å². The van der Waals surface area contributed by atoms with Gasteiger partial charge in [-0.05, 0) is 18.2 Å². The molecule has 7 nitrogen and oxygen atoms in total. The molecule has 0 saturated heterocycles. The Morgan fingerprint density at radius 3 is 2.34 bits per heavy atom. The van der Waals surface area contributed by atoms with E-state index in [0.717, 1.165) is 11.3 Å². The Balaban J connectivity index is 0.000000438. The SMILES string of the molecule is Cn1c(-c2ccc(Cl)c(Cl)c2)cnc1NCc1ccccc1F.O=C(O)C(=O)O. The number of carboxylic acids is 2. The summed E-state index contributed by atoms with van der Waals surface area (Å²) in [6.45, 7) is 0.359. The molecule has 0 amide bonds. The number of carbonyl (C=O) groups is 2. The first-order chi connectivity index (χ1) is 13.7. The van der Waals surface area contributed by atoms with Gasteiger partial charge in [0, 0.05) is 24.7 Å². The molecule has 29 heavy (non-hydrogen) atoms. The van der Waals surface area contributed by atoms with Crippen molar-refractivity contribution in [2.24, 2.45) is 7.05 Å². The van der Waals surface area contributed by atoms with Gasteiger partial charge in [0.1, 0.15) is 5.82 Å². The lowest BCUT2D eigenvalue weighted by molar-refractivity contribution is -0.159. The van der Waals surface area contributed by atoms with Gasteiger partial charge in [-0.3, -0.25) is 0 Å². The van der Waals surface area contributed by atoms with E-state index in [-0.39, 0.29) is 5.82 Å². The molecule has 0 unspecified atom stereocenters. The van der Waals surface area contributed by atoms with Gasteiger partial charge in [0.05, 0.1) is 21.9 Å². The number of carboxylic acid groups (broad SMARTS) is 2. The molecule has 2 aromatic carbocycles. The Labute approximate surface area is 175 Å². The molecule has 0 spiro atoms. The third kappa shape index (κ3) is 5.94. The van der Waals surface area contributed by atoms with Crippen molar-refractivity contribution in [3.63, 3.8) is 0 Å². The normalized spacial score (nSPS) is 10.1. The summed E-state index contributed by atoms with van der Waals surface area (Å²) in [4.78, 5) is 22.5. The Kier molecular flexibility index (Phi) is 7.58. The molecule has 1 heterocycles. The summed E-state index contributed by atoms with van der Waals surface area (Å²) in [6.07, 6.45) is 1.74. The highest BCUT2D eigenvalue weighted by atomic mass is 35.5. The van der Waals surface area contributed by atoms with Crippen molar-refractivity contribution in [3.05, 3.63) is 70.1 Å². The van der Waals surface area contributed by atoms with Gasteiger partial charge in [0.2, 0.25) is 5.95 Å². The monoisotopic (exact) mass is 439 g/mol. The lowest BCUT2D eigenvalue weighted by Crippen LogP contribution is -2.09. The molecule has 0 saturated carbocycles. The molecular formula is C19H16Cl2FN3O4. The van der Waals surface area contributed by atoms with Gasteiger partial charge < -0.3 is 20.1 Å². The molecule has 0 radical (unpaired) electrons.